The first-order valence-electron chi connectivity index (χ1n) is 13.8. The Kier molecular flexibility index (Phi) is 5.07. The molecule has 0 radical (unpaired) electrons. The van der Waals surface area contributed by atoms with Crippen LogP contribution in [0, 0.1) is 50.2 Å². The number of aliphatic hydroxyl groups is 3. The molecule has 0 saturated heterocycles. The zero-order valence-corrected chi connectivity index (χ0v) is 22.5. The van der Waals surface area contributed by atoms with E-state index in [4.69, 9.17) is 0 Å². The third-order valence-electron chi connectivity index (χ3n) is 13.2. The van der Waals surface area contributed by atoms with Crippen molar-refractivity contribution in [1.29, 1.82) is 0 Å². The fraction of sp³-hybridized carbons (Fsp3) is 0.933. The molecule has 0 aromatic rings. The lowest BCUT2D eigenvalue weighted by Gasteiger charge is -2.72. The summed E-state index contributed by atoms with van der Waals surface area (Å²) in [7, 11) is 0. The topological polar surface area (TPSA) is 60.7 Å². The van der Waals surface area contributed by atoms with Crippen molar-refractivity contribution < 1.29 is 15.3 Å². The summed E-state index contributed by atoms with van der Waals surface area (Å²) in [6.45, 7) is 18.9. The van der Waals surface area contributed by atoms with Gasteiger partial charge in [-0.05, 0) is 95.7 Å². The molecule has 33 heavy (non-hydrogen) atoms. The van der Waals surface area contributed by atoms with Crippen LogP contribution in [-0.2, 0) is 0 Å². The molecule has 5 aliphatic rings. The first-order valence-corrected chi connectivity index (χ1v) is 13.8. The van der Waals surface area contributed by atoms with E-state index in [-0.39, 0.29) is 50.6 Å². The Hall–Kier alpha value is -0.380. The lowest BCUT2D eigenvalue weighted by molar-refractivity contribution is -0.226. The third-order valence-corrected chi connectivity index (χ3v) is 13.2. The highest BCUT2D eigenvalue weighted by atomic mass is 16.3. The molecule has 0 bridgehead atoms. The summed E-state index contributed by atoms with van der Waals surface area (Å²) >= 11 is 0. The first kappa shape index (κ1) is 24.3. The first-order chi connectivity index (χ1) is 15.0. The Morgan fingerprint density at radius 2 is 1.42 bits per heavy atom. The van der Waals surface area contributed by atoms with E-state index >= 15 is 0 Å². The van der Waals surface area contributed by atoms with Gasteiger partial charge in [0.2, 0.25) is 0 Å². The minimum Gasteiger partial charge on any atom is -0.393 e. The number of allylic oxidation sites excluding steroid dienone is 1. The molecule has 10 atom stereocenters. The highest BCUT2D eigenvalue weighted by molar-refractivity contribution is 5.35. The maximum Gasteiger partial charge on any atom is 0.0762 e. The van der Waals surface area contributed by atoms with E-state index in [9.17, 15) is 15.3 Å². The van der Waals surface area contributed by atoms with E-state index < -0.39 is 6.10 Å². The van der Waals surface area contributed by atoms with Crippen molar-refractivity contribution in [3.8, 4) is 0 Å². The van der Waals surface area contributed by atoms with Crippen molar-refractivity contribution >= 4 is 0 Å². The molecular weight excluding hydrogens is 408 g/mol. The Morgan fingerprint density at radius 1 is 0.758 bits per heavy atom. The molecule has 4 fully saturated rings. The fourth-order valence-corrected chi connectivity index (χ4v) is 10.7. The van der Waals surface area contributed by atoms with Crippen molar-refractivity contribution in [2.24, 2.45) is 50.2 Å². The van der Waals surface area contributed by atoms with E-state index in [1.807, 2.05) is 0 Å². The molecule has 0 unspecified atom stereocenters. The second-order valence-corrected chi connectivity index (χ2v) is 15.4. The minimum absolute atomic E-state index is 0.0446. The van der Waals surface area contributed by atoms with Crippen LogP contribution in [0.1, 0.15) is 107 Å². The summed E-state index contributed by atoms with van der Waals surface area (Å²) in [5.41, 5.74) is 1.64. The van der Waals surface area contributed by atoms with Gasteiger partial charge in [0.25, 0.3) is 0 Å². The van der Waals surface area contributed by atoms with E-state index in [0.717, 1.165) is 44.9 Å². The zero-order chi connectivity index (χ0) is 24.4. The Morgan fingerprint density at radius 3 is 2.09 bits per heavy atom. The monoisotopic (exact) mass is 458 g/mol. The van der Waals surface area contributed by atoms with Crippen molar-refractivity contribution in [2.75, 3.05) is 0 Å². The van der Waals surface area contributed by atoms with E-state index in [0.29, 0.717) is 11.8 Å². The van der Waals surface area contributed by atoms with Crippen LogP contribution in [0.4, 0.5) is 0 Å². The van der Waals surface area contributed by atoms with Gasteiger partial charge in [0.05, 0.1) is 18.3 Å². The Balaban J connectivity index is 1.62. The summed E-state index contributed by atoms with van der Waals surface area (Å²) in [5, 5.41) is 33.8. The average Bonchev–Trinajstić information content (AvgIpc) is 2.69. The van der Waals surface area contributed by atoms with Crippen molar-refractivity contribution in [3.05, 3.63) is 11.6 Å². The highest BCUT2D eigenvalue weighted by Gasteiger charge is 2.70. The molecule has 0 spiro atoms. The SMILES string of the molecule is CC1(C)C[C@H]2C3=C[C@H](O)[C@@H]4[C@@]5(C)CC[C@H](O)C(C)(C)[C@@H]5CC[C@@]4(C)[C@@]3(C)CC[C@@]2(C)C[C@H]1O. The van der Waals surface area contributed by atoms with Gasteiger partial charge >= 0.3 is 0 Å². The lowest BCUT2D eigenvalue weighted by atomic mass is 9.33. The van der Waals surface area contributed by atoms with Gasteiger partial charge in [-0.15, -0.1) is 0 Å². The molecule has 0 aromatic heterocycles. The second kappa shape index (κ2) is 6.88. The number of hydrogen-bond acceptors (Lipinski definition) is 3. The van der Waals surface area contributed by atoms with Gasteiger partial charge in [0.15, 0.2) is 0 Å². The van der Waals surface area contributed by atoms with Crippen LogP contribution < -0.4 is 0 Å². The smallest absolute Gasteiger partial charge is 0.0762 e. The summed E-state index contributed by atoms with van der Waals surface area (Å²) in [4.78, 5) is 0. The minimum atomic E-state index is -0.422. The number of aliphatic hydroxyl groups excluding tert-OH is 3. The summed E-state index contributed by atoms with van der Waals surface area (Å²) < 4.78 is 0. The van der Waals surface area contributed by atoms with Crippen LogP contribution in [0.2, 0.25) is 0 Å². The molecule has 0 aliphatic heterocycles. The summed E-state index contributed by atoms with van der Waals surface area (Å²) in [6.07, 6.45) is 9.76. The number of rotatable bonds is 0. The zero-order valence-electron chi connectivity index (χ0n) is 22.5. The largest absolute Gasteiger partial charge is 0.393 e. The van der Waals surface area contributed by atoms with Crippen LogP contribution in [0.5, 0.6) is 0 Å². The normalized spacial score (nSPS) is 57.1. The van der Waals surface area contributed by atoms with E-state index in [1.165, 1.54) is 12.0 Å². The fourth-order valence-electron chi connectivity index (χ4n) is 10.7. The van der Waals surface area contributed by atoms with Crippen molar-refractivity contribution in [3.63, 3.8) is 0 Å². The van der Waals surface area contributed by atoms with E-state index in [2.05, 4.69) is 61.5 Å². The molecule has 4 saturated carbocycles. The number of hydrogen-bond donors (Lipinski definition) is 3. The molecule has 188 valence electrons. The van der Waals surface area contributed by atoms with Gasteiger partial charge in [-0.2, -0.15) is 0 Å². The lowest BCUT2D eigenvalue weighted by Crippen LogP contribution is -2.67. The van der Waals surface area contributed by atoms with Crippen LogP contribution in [0.15, 0.2) is 11.6 Å². The van der Waals surface area contributed by atoms with Crippen LogP contribution in [-0.4, -0.2) is 33.6 Å². The van der Waals surface area contributed by atoms with Crippen LogP contribution in [0.3, 0.4) is 0 Å². The predicted molar refractivity (Wildman–Crippen MR) is 133 cm³/mol. The molecule has 0 heterocycles. The number of fused-ring (bicyclic) bond motifs is 7. The average molecular weight is 459 g/mol. The van der Waals surface area contributed by atoms with E-state index in [1.54, 1.807) is 0 Å². The quantitative estimate of drug-likeness (QED) is 0.384. The second-order valence-electron chi connectivity index (χ2n) is 15.4. The molecule has 3 heteroatoms. The van der Waals surface area contributed by atoms with Gasteiger partial charge in [-0.3, -0.25) is 0 Å². The highest BCUT2D eigenvalue weighted by Crippen LogP contribution is 2.75. The van der Waals surface area contributed by atoms with Crippen molar-refractivity contribution in [2.45, 2.75) is 125 Å². The summed E-state index contributed by atoms with van der Waals surface area (Å²) in [6, 6.07) is 0. The predicted octanol–water partition coefficient (Wildman–Crippen LogP) is 6.11. The maximum absolute atomic E-state index is 11.9. The van der Waals surface area contributed by atoms with Crippen LogP contribution >= 0.6 is 0 Å². The third kappa shape index (κ3) is 2.91. The van der Waals surface area contributed by atoms with Gasteiger partial charge in [0.1, 0.15) is 0 Å². The van der Waals surface area contributed by atoms with Gasteiger partial charge in [-0.25, -0.2) is 0 Å². The molecular formula is C30H50O3. The molecule has 0 amide bonds. The molecule has 3 N–H and O–H groups in total. The molecule has 5 rings (SSSR count). The van der Waals surface area contributed by atoms with Gasteiger partial charge in [0, 0.05) is 5.92 Å². The Bertz CT molecular complexity index is 859. The Labute approximate surface area is 202 Å². The standard InChI is InChI=1S/C30H50O3/c1-25(2)16-19-18-15-20(31)24-28(6)11-10-22(32)26(3,4)21(28)9-12-30(24,8)29(18,7)14-13-27(19,5)17-23(25)33/h15,19-24,31-33H,9-14,16-17H2,1-8H3/t19-,20-,21-,22-,23+,24+,27-,28-,29-,30+/m0/s1. The molecule has 5 aliphatic carbocycles. The molecule has 0 aromatic carbocycles. The molecule has 3 nitrogen and oxygen atoms in total. The van der Waals surface area contributed by atoms with Gasteiger partial charge in [-0.1, -0.05) is 67.0 Å². The van der Waals surface area contributed by atoms with Crippen LogP contribution in [0.25, 0.3) is 0 Å². The maximum atomic E-state index is 11.9. The van der Waals surface area contributed by atoms with Gasteiger partial charge < -0.3 is 15.3 Å². The van der Waals surface area contributed by atoms with Crippen molar-refractivity contribution in [1.82, 2.24) is 0 Å². The summed E-state index contributed by atoms with van der Waals surface area (Å²) in [5.74, 6) is 1.12.